The van der Waals surface area contributed by atoms with E-state index in [4.69, 9.17) is 15.0 Å². The SMILES string of the molecule is c1ccc(-c2ccc(-c3cc(-c4ccc(-c5ccccc5)cc4)nc(-c4ccc(-c5cc6ccccc6c6c(-c7ccccc7)cc(-c7ccccc7)nc56)cc4)n3)cc2)cc1. The lowest BCUT2D eigenvalue weighted by atomic mass is 9.90. The predicted octanol–water partition coefficient (Wildman–Crippen LogP) is 15.5. The summed E-state index contributed by atoms with van der Waals surface area (Å²) in [5.74, 6) is 0.669. The molecule has 0 aliphatic rings. The Morgan fingerprint density at radius 1 is 0.242 bits per heavy atom. The van der Waals surface area contributed by atoms with Gasteiger partial charge in [-0.3, -0.25) is 0 Å². The van der Waals surface area contributed by atoms with Crippen LogP contribution in [0.15, 0.2) is 237 Å². The lowest BCUT2D eigenvalue weighted by Gasteiger charge is -2.17. The molecular formula is C59H39N3. The number of hydrogen-bond donors (Lipinski definition) is 0. The Kier molecular flexibility index (Phi) is 9.53. The van der Waals surface area contributed by atoms with Gasteiger partial charge in [0.1, 0.15) is 0 Å². The average Bonchev–Trinajstić information content (AvgIpc) is 3.37. The number of nitrogens with zero attached hydrogens (tertiary/aromatic N) is 3. The summed E-state index contributed by atoms with van der Waals surface area (Å²) in [5, 5.41) is 3.49. The van der Waals surface area contributed by atoms with Crippen LogP contribution in [0, 0.1) is 0 Å². The predicted molar refractivity (Wildman–Crippen MR) is 258 cm³/mol. The van der Waals surface area contributed by atoms with Crippen LogP contribution in [-0.4, -0.2) is 15.0 Å². The van der Waals surface area contributed by atoms with Gasteiger partial charge in [0.2, 0.25) is 0 Å². The normalized spacial score (nSPS) is 11.2. The van der Waals surface area contributed by atoms with Crippen molar-refractivity contribution >= 4 is 21.7 Å². The first-order valence-electron chi connectivity index (χ1n) is 21.0. The summed E-state index contributed by atoms with van der Waals surface area (Å²) in [4.78, 5) is 15.9. The molecule has 0 bridgehead atoms. The fourth-order valence-electron chi connectivity index (χ4n) is 8.51. The Bertz CT molecular complexity index is 3230. The first kappa shape index (κ1) is 36.8. The highest BCUT2D eigenvalue weighted by Crippen LogP contribution is 2.42. The molecule has 0 atom stereocenters. The molecule has 62 heavy (non-hydrogen) atoms. The minimum atomic E-state index is 0.669. The van der Waals surface area contributed by atoms with E-state index in [1.54, 1.807) is 0 Å². The molecule has 0 radical (unpaired) electrons. The molecule has 0 aliphatic heterocycles. The molecular weight excluding hydrogens is 751 g/mol. The summed E-state index contributed by atoms with van der Waals surface area (Å²) in [6, 6.07) is 83.4. The van der Waals surface area contributed by atoms with Crippen molar-refractivity contribution in [2.24, 2.45) is 0 Å². The average molecular weight is 790 g/mol. The van der Waals surface area contributed by atoms with Gasteiger partial charge in [0, 0.05) is 33.2 Å². The topological polar surface area (TPSA) is 38.7 Å². The second-order valence-corrected chi connectivity index (χ2v) is 15.6. The van der Waals surface area contributed by atoms with Crippen molar-refractivity contribution in [3.8, 4) is 89.7 Å². The van der Waals surface area contributed by atoms with E-state index in [1.165, 1.54) is 33.0 Å². The highest BCUT2D eigenvalue weighted by Gasteiger charge is 2.18. The van der Waals surface area contributed by atoms with Gasteiger partial charge < -0.3 is 0 Å². The number of fused-ring (bicyclic) bond motifs is 3. The van der Waals surface area contributed by atoms with Crippen molar-refractivity contribution in [1.29, 1.82) is 0 Å². The van der Waals surface area contributed by atoms with E-state index in [0.717, 1.165) is 72.5 Å². The third-order valence-electron chi connectivity index (χ3n) is 11.7. The fraction of sp³-hybridized carbons (Fsp3) is 0. The number of pyridine rings is 1. The van der Waals surface area contributed by atoms with Crippen LogP contribution in [0.25, 0.3) is 111 Å². The van der Waals surface area contributed by atoms with Crippen molar-refractivity contribution in [1.82, 2.24) is 15.0 Å². The molecule has 11 aromatic rings. The Labute approximate surface area is 361 Å². The Balaban J connectivity index is 1.04. The first-order chi connectivity index (χ1) is 30.7. The zero-order valence-electron chi connectivity index (χ0n) is 33.9. The van der Waals surface area contributed by atoms with Gasteiger partial charge in [0.25, 0.3) is 0 Å². The first-order valence-corrected chi connectivity index (χ1v) is 21.0. The van der Waals surface area contributed by atoms with Crippen molar-refractivity contribution in [2.45, 2.75) is 0 Å². The van der Waals surface area contributed by atoms with Crippen LogP contribution in [0.2, 0.25) is 0 Å². The van der Waals surface area contributed by atoms with E-state index in [-0.39, 0.29) is 0 Å². The third kappa shape index (κ3) is 7.12. The molecule has 3 nitrogen and oxygen atoms in total. The summed E-state index contributed by atoms with van der Waals surface area (Å²) >= 11 is 0. The molecule has 0 aliphatic carbocycles. The summed E-state index contributed by atoms with van der Waals surface area (Å²) in [6.07, 6.45) is 0. The minimum Gasteiger partial charge on any atom is -0.247 e. The quantitative estimate of drug-likeness (QED) is 0.144. The molecule has 9 aromatic carbocycles. The monoisotopic (exact) mass is 789 g/mol. The lowest BCUT2D eigenvalue weighted by molar-refractivity contribution is 1.18. The standard InChI is InChI=1S/C59H39N3/c1-5-15-40(16-6-1)42-25-31-47(32-26-42)55-39-56(48-33-27-43(28-34-48)41-17-7-2-8-18-41)62-59(61-55)49-35-29-45(30-36-49)53-37-50-23-13-14-24-51(50)57-52(44-19-9-3-10-20-44)38-54(60-58(53)57)46-21-11-4-12-22-46/h1-39H. The van der Waals surface area contributed by atoms with Gasteiger partial charge in [-0.25, -0.2) is 15.0 Å². The second-order valence-electron chi connectivity index (χ2n) is 15.6. The zero-order chi connectivity index (χ0) is 41.2. The maximum Gasteiger partial charge on any atom is 0.160 e. The fourth-order valence-corrected chi connectivity index (χ4v) is 8.51. The molecule has 290 valence electrons. The highest BCUT2D eigenvalue weighted by atomic mass is 14.9. The molecule has 0 unspecified atom stereocenters. The Hall–Kier alpha value is -8.27. The van der Waals surface area contributed by atoms with Gasteiger partial charge in [-0.05, 0) is 67.9 Å². The molecule has 11 rings (SSSR count). The van der Waals surface area contributed by atoms with E-state index in [1.807, 2.05) is 12.1 Å². The minimum absolute atomic E-state index is 0.669. The molecule has 2 aromatic heterocycles. The maximum atomic E-state index is 5.46. The smallest absolute Gasteiger partial charge is 0.160 e. The van der Waals surface area contributed by atoms with Crippen LogP contribution in [0.3, 0.4) is 0 Å². The van der Waals surface area contributed by atoms with Crippen molar-refractivity contribution in [3.05, 3.63) is 237 Å². The molecule has 0 fully saturated rings. The number of aromatic nitrogens is 3. The van der Waals surface area contributed by atoms with Crippen LogP contribution in [0.5, 0.6) is 0 Å². The Morgan fingerprint density at radius 2 is 0.613 bits per heavy atom. The van der Waals surface area contributed by atoms with Crippen LogP contribution < -0.4 is 0 Å². The van der Waals surface area contributed by atoms with E-state index < -0.39 is 0 Å². The Morgan fingerprint density at radius 3 is 1.16 bits per heavy atom. The number of hydrogen-bond acceptors (Lipinski definition) is 3. The van der Waals surface area contributed by atoms with E-state index in [2.05, 4.69) is 224 Å². The van der Waals surface area contributed by atoms with E-state index in [0.29, 0.717) is 5.82 Å². The van der Waals surface area contributed by atoms with Crippen molar-refractivity contribution in [2.75, 3.05) is 0 Å². The van der Waals surface area contributed by atoms with Crippen LogP contribution in [0.4, 0.5) is 0 Å². The molecule has 3 heteroatoms. The molecule has 0 saturated carbocycles. The zero-order valence-corrected chi connectivity index (χ0v) is 33.9. The molecule has 0 saturated heterocycles. The lowest BCUT2D eigenvalue weighted by Crippen LogP contribution is -1.96. The van der Waals surface area contributed by atoms with Crippen LogP contribution in [0.1, 0.15) is 0 Å². The van der Waals surface area contributed by atoms with Gasteiger partial charge in [-0.2, -0.15) is 0 Å². The summed E-state index contributed by atoms with van der Waals surface area (Å²) in [5.41, 5.74) is 16.9. The van der Waals surface area contributed by atoms with Gasteiger partial charge in [0.15, 0.2) is 5.82 Å². The van der Waals surface area contributed by atoms with E-state index >= 15 is 0 Å². The van der Waals surface area contributed by atoms with Gasteiger partial charge in [-0.1, -0.05) is 218 Å². The van der Waals surface area contributed by atoms with Gasteiger partial charge >= 0.3 is 0 Å². The van der Waals surface area contributed by atoms with E-state index in [9.17, 15) is 0 Å². The second kappa shape index (κ2) is 16.1. The van der Waals surface area contributed by atoms with Crippen molar-refractivity contribution in [3.63, 3.8) is 0 Å². The highest BCUT2D eigenvalue weighted by molar-refractivity contribution is 6.18. The molecule has 0 spiro atoms. The summed E-state index contributed by atoms with van der Waals surface area (Å²) < 4.78 is 0. The summed E-state index contributed by atoms with van der Waals surface area (Å²) in [7, 11) is 0. The summed E-state index contributed by atoms with van der Waals surface area (Å²) in [6.45, 7) is 0. The molecule has 2 heterocycles. The third-order valence-corrected chi connectivity index (χ3v) is 11.7. The number of rotatable bonds is 8. The number of benzene rings is 9. The van der Waals surface area contributed by atoms with Crippen LogP contribution >= 0.6 is 0 Å². The van der Waals surface area contributed by atoms with Crippen LogP contribution in [-0.2, 0) is 0 Å². The van der Waals surface area contributed by atoms with Gasteiger partial charge in [0.05, 0.1) is 22.6 Å². The molecule has 0 amide bonds. The largest absolute Gasteiger partial charge is 0.247 e. The maximum absolute atomic E-state index is 5.46. The molecule has 0 N–H and O–H groups in total. The van der Waals surface area contributed by atoms with Crippen molar-refractivity contribution < 1.29 is 0 Å². The van der Waals surface area contributed by atoms with Gasteiger partial charge in [-0.15, -0.1) is 0 Å².